The minimum absolute atomic E-state index is 0.109. The van der Waals surface area contributed by atoms with E-state index in [4.69, 9.17) is 0 Å². The van der Waals surface area contributed by atoms with Crippen LogP contribution < -0.4 is 5.32 Å². The van der Waals surface area contributed by atoms with Crippen molar-refractivity contribution in [3.8, 4) is 0 Å². The average molecular weight is 197 g/mol. The van der Waals surface area contributed by atoms with E-state index in [-0.39, 0.29) is 11.6 Å². The monoisotopic (exact) mass is 197 g/mol. The van der Waals surface area contributed by atoms with E-state index in [9.17, 15) is 5.11 Å². The third kappa shape index (κ3) is 2.29. The molecular formula is C12H23NO. The highest BCUT2D eigenvalue weighted by Crippen LogP contribution is 2.40. The Bertz CT molecular complexity index is 198. The minimum atomic E-state index is -0.109. The van der Waals surface area contributed by atoms with Crippen molar-refractivity contribution in [3.63, 3.8) is 0 Å². The first-order valence-electron chi connectivity index (χ1n) is 6.05. The fraction of sp³-hybridized carbons (Fsp3) is 1.00. The molecule has 2 atom stereocenters. The van der Waals surface area contributed by atoms with Gasteiger partial charge in [-0.3, -0.25) is 0 Å². The molecule has 2 heteroatoms. The minimum Gasteiger partial charge on any atom is -0.392 e. The molecule has 0 saturated heterocycles. The largest absolute Gasteiger partial charge is 0.392 e. The summed E-state index contributed by atoms with van der Waals surface area (Å²) in [5.41, 5.74) is 0.239. The molecule has 14 heavy (non-hydrogen) atoms. The van der Waals surface area contributed by atoms with E-state index in [0.717, 1.165) is 18.8 Å². The zero-order valence-electron chi connectivity index (χ0n) is 9.42. The van der Waals surface area contributed by atoms with Gasteiger partial charge in [0.25, 0.3) is 0 Å². The summed E-state index contributed by atoms with van der Waals surface area (Å²) in [6, 6.07) is 0.347. The molecule has 2 aliphatic carbocycles. The third-order valence-electron chi connectivity index (χ3n) is 3.88. The van der Waals surface area contributed by atoms with E-state index in [1.54, 1.807) is 0 Å². The van der Waals surface area contributed by atoms with E-state index >= 15 is 0 Å². The number of rotatable bonds is 3. The summed E-state index contributed by atoms with van der Waals surface area (Å²) in [7, 11) is 0. The second kappa shape index (κ2) is 3.82. The summed E-state index contributed by atoms with van der Waals surface area (Å²) in [4.78, 5) is 0. The van der Waals surface area contributed by atoms with Gasteiger partial charge in [0.2, 0.25) is 0 Å². The van der Waals surface area contributed by atoms with Gasteiger partial charge in [0.05, 0.1) is 6.10 Å². The van der Waals surface area contributed by atoms with Gasteiger partial charge in [-0.1, -0.05) is 12.8 Å². The van der Waals surface area contributed by atoms with Gasteiger partial charge in [-0.25, -0.2) is 0 Å². The second-order valence-electron chi connectivity index (χ2n) is 5.60. The molecule has 0 aromatic heterocycles. The SMILES string of the molecule is CC(C)(N[C@@H]1CCCC[C@H]1O)C1CC1. The van der Waals surface area contributed by atoms with E-state index < -0.39 is 0 Å². The lowest BCUT2D eigenvalue weighted by atomic mass is 9.89. The van der Waals surface area contributed by atoms with Gasteiger partial charge in [0, 0.05) is 11.6 Å². The highest BCUT2D eigenvalue weighted by atomic mass is 16.3. The molecule has 2 N–H and O–H groups in total. The maximum atomic E-state index is 9.87. The summed E-state index contributed by atoms with van der Waals surface area (Å²) in [6.45, 7) is 4.57. The van der Waals surface area contributed by atoms with Gasteiger partial charge >= 0.3 is 0 Å². The topological polar surface area (TPSA) is 32.3 Å². The smallest absolute Gasteiger partial charge is 0.0693 e. The van der Waals surface area contributed by atoms with Crippen LogP contribution in [-0.4, -0.2) is 22.8 Å². The Morgan fingerprint density at radius 1 is 1.07 bits per heavy atom. The fourth-order valence-electron chi connectivity index (χ4n) is 2.68. The van der Waals surface area contributed by atoms with Crippen molar-refractivity contribution >= 4 is 0 Å². The summed E-state index contributed by atoms with van der Waals surface area (Å²) < 4.78 is 0. The maximum absolute atomic E-state index is 9.87. The van der Waals surface area contributed by atoms with Crippen molar-refractivity contribution in [1.29, 1.82) is 0 Å². The van der Waals surface area contributed by atoms with Crippen molar-refractivity contribution in [2.45, 2.75) is 70.1 Å². The van der Waals surface area contributed by atoms with Crippen LogP contribution in [0.2, 0.25) is 0 Å². The second-order valence-corrected chi connectivity index (χ2v) is 5.60. The van der Waals surface area contributed by atoms with Gasteiger partial charge < -0.3 is 10.4 Å². The molecule has 0 spiro atoms. The first-order chi connectivity index (χ1) is 6.59. The van der Waals surface area contributed by atoms with Crippen molar-refractivity contribution < 1.29 is 5.11 Å². The Morgan fingerprint density at radius 2 is 1.71 bits per heavy atom. The molecule has 2 saturated carbocycles. The lowest BCUT2D eigenvalue weighted by Crippen LogP contribution is -2.53. The van der Waals surface area contributed by atoms with Crippen LogP contribution in [0.5, 0.6) is 0 Å². The van der Waals surface area contributed by atoms with Crippen LogP contribution in [0.25, 0.3) is 0 Å². The molecular weight excluding hydrogens is 174 g/mol. The van der Waals surface area contributed by atoms with Gasteiger partial charge in [-0.05, 0) is 45.4 Å². The molecule has 0 aromatic rings. The van der Waals surface area contributed by atoms with Crippen molar-refractivity contribution in [1.82, 2.24) is 5.32 Å². The van der Waals surface area contributed by atoms with Crippen LogP contribution in [0.3, 0.4) is 0 Å². The molecule has 0 heterocycles. The summed E-state index contributed by atoms with van der Waals surface area (Å²) in [6.07, 6.45) is 7.22. The van der Waals surface area contributed by atoms with Crippen LogP contribution >= 0.6 is 0 Å². The maximum Gasteiger partial charge on any atom is 0.0693 e. The third-order valence-corrected chi connectivity index (χ3v) is 3.88. The molecule has 2 rings (SSSR count). The molecule has 0 amide bonds. The number of hydrogen-bond acceptors (Lipinski definition) is 2. The highest BCUT2D eigenvalue weighted by Gasteiger charge is 2.40. The van der Waals surface area contributed by atoms with Crippen LogP contribution in [0.15, 0.2) is 0 Å². The first-order valence-corrected chi connectivity index (χ1v) is 6.05. The zero-order valence-corrected chi connectivity index (χ0v) is 9.42. The van der Waals surface area contributed by atoms with E-state index in [1.165, 1.54) is 25.7 Å². The summed E-state index contributed by atoms with van der Waals surface area (Å²) in [5.74, 6) is 0.844. The van der Waals surface area contributed by atoms with Crippen LogP contribution in [0.1, 0.15) is 52.4 Å². The van der Waals surface area contributed by atoms with Crippen molar-refractivity contribution in [2.75, 3.05) is 0 Å². The predicted molar refractivity (Wildman–Crippen MR) is 58.2 cm³/mol. The Balaban J connectivity index is 1.88. The predicted octanol–water partition coefficient (Wildman–Crippen LogP) is 2.07. The normalized spacial score (nSPS) is 34.5. The molecule has 0 unspecified atom stereocenters. The van der Waals surface area contributed by atoms with Crippen molar-refractivity contribution in [3.05, 3.63) is 0 Å². The van der Waals surface area contributed by atoms with Gasteiger partial charge in [-0.2, -0.15) is 0 Å². The number of aliphatic hydroxyl groups is 1. The molecule has 2 nitrogen and oxygen atoms in total. The first kappa shape index (κ1) is 10.4. The van der Waals surface area contributed by atoms with Gasteiger partial charge in [0.15, 0.2) is 0 Å². The fourth-order valence-corrected chi connectivity index (χ4v) is 2.68. The molecule has 0 aliphatic heterocycles. The summed E-state index contributed by atoms with van der Waals surface area (Å²) in [5, 5.41) is 13.5. The van der Waals surface area contributed by atoms with Crippen LogP contribution in [0, 0.1) is 5.92 Å². The van der Waals surface area contributed by atoms with Crippen LogP contribution in [0.4, 0.5) is 0 Å². The Kier molecular flexibility index (Phi) is 2.85. The quantitative estimate of drug-likeness (QED) is 0.726. The molecule has 82 valence electrons. The number of aliphatic hydroxyl groups excluding tert-OH is 1. The zero-order chi connectivity index (χ0) is 10.2. The molecule has 2 fully saturated rings. The van der Waals surface area contributed by atoms with Gasteiger partial charge in [-0.15, -0.1) is 0 Å². The Hall–Kier alpha value is -0.0800. The highest BCUT2D eigenvalue weighted by molar-refractivity contribution is 4.97. The van der Waals surface area contributed by atoms with Crippen LogP contribution in [-0.2, 0) is 0 Å². The lowest BCUT2D eigenvalue weighted by molar-refractivity contribution is 0.0726. The molecule has 0 bridgehead atoms. The van der Waals surface area contributed by atoms with Crippen molar-refractivity contribution in [2.24, 2.45) is 5.92 Å². The Morgan fingerprint density at radius 3 is 2.29 bits per heavy atom. The standard InChI is InChI=1S/C12H23NO/c1-12(2,9-7-8-9)13-10-5-3-4-6-11(10)14/h9-11,13-14H,3-8H2,1-2H3/t10-,11-/m1/s1. The van der Waals surface area contributed by atoms with E-state index in [1.807, 2.05) is 0 Å². The number of hydrogen-bond donors (Lipinski definition) is 2. The van der Waals surface area contributed by atoms with E-state index in [2.05, 4.69) is 19.2 Å². The summed E-state index contributed by atoms with van der Waals surface area (Å²) >= 11 is 0. The number of nitrogens with one attached hydrogen (secondary N) is 1. The molecule has 0 aromatic carbocycles. The molecule has 2 aliphatic rings. The molecule has 0 radical (unpaired) electrons. The van der Waals surface area contributed by atoms with E-state index in [0.29, 0.717) is 6.04 Å². The average Bonchev–Trinajstić information content (AvgIpc) is 2.91. The lowest BCUT2D eigenvalue weighted by Gasteiger charge is -2.37. The van der Waals surface area contributed by atoms with Gasteiger partial charge in [0.1, 0.15) is 0 Å². The Labute approximate surface area is 87.1 Å².